The van der Waals surface area contributed by atoms with Crippen LogP contribution in [0.4, 0.5) is 13.2 Å². The first-order valence-electron chi connectivity index (χ1n) is 15.3. The van der Waals surface area contributed by atoms with Gasteiger partial charge in [-0.2, -0.15) is 0 Å². The van der Waals surface area contributed by atoms with Crippen molar-refractivity contribution in [3.05, 3.63) is 93.5 Å². The quantitative estimate of drug-likeness (QED) is 0.126. The molecule has 10 heteroatoms. The van der Waals surface area contributed by atoms with Gasteiger partial charge in [0.15, 0.2) is 0 Å². The number of hydrogen-bond acceptors (Lipinski definition) is 5. The Kier molecular flexibility index (Phi) is 10.5. The molecule has 45 heavy (non-hydrogen) atoms. The SMILES string of the molecule is CC(C)C[C@H](NCCCOc1cc(-c2ccc(F)cc2Cl)c2ccc(=O)n(-c3c(F)cccc3F)c2c1)C(=O)OC1CCCC1. The van der Waals surface area contributed by atoms with E-state index in [-0.39, 0.29) is 29.2 Å². The maximum Gasteiger partial charge on any atom is 0.323 e. The van der Waals surface area contributed by atoms with E-state index in [1.54, 1.807) is 6.07 Å². The minimum atomic E-state index is -0.911. The molecule has 1 N–H and O–H groups in total. The average Bonchev–Trinajstić information content (AvgIpc) is 3.50. The number of aromatic nitrogens is 1. The summed E-state index contributed by atoms with van der Waals surface area (Å²) < 4.78 is 56.6. The molecule has 0 spiro atoms. The van der Waals surface area contributed by atoms with Crippen LogP contribution in [0.3, 0.4) is 0 Å². The smallest absolute Gasteiger partial charge is 0.323 e. The Labute approximate surface area is 265 Å². The van der Waals surface area contributed by atoms with Crippen molar-refractivity contribution in [3.8, 4) is 22.6 Å². The Morgan fingerprint density at radius 2 is 1.73 bits per heavy atom. The van der Waals surface area contributed by atoms with Crippen LogP contribution in [0.5, 0.6) is 5.75 Å². The Morgan fingerprint density at radius 1 is 1.00 bits per heavy atom. The van der Waals surface area contributed by atoms with Gasteiger partial charge in [0.25, 0.3) is 5.56 Å². The van der Waals surface area contributed by atoms with Crippen LogP contribution in [-0.4, -0.2) is 35.8 Å². The number of ether oxygens (including phenoxy) is 2. The number of hydrogen-bond donors (Lipinski definition) is 1. The maximum atomic E-state index is 14.9. The number of fused-ring (bicyclic) bond motifs is 1. The van der Waals surface area contributed by atoms with Crippen LogP contribution in [0.2, 0.25) is 5.02 Å². The second kappa shape index (κ2) is 14.5. The van der Waals surface area contributed by atoms with Gasteiger partial charge in [-0.05, 0) is 99.0 Å². The first kappa shape index (κ1) is 32.6. The summed E-state index contributed by atoms with van der Waals surface area (Å²) in [6.07, 6.45) is 5.12. The van der Waals surface area contributed by atoms with Crippen LogP contribution < -0.4 is 15.6 Å². The summed E-state index contributed by atoms with van der Waals surface area (Å²) >= 11 is 6.43. The van der Waals surface area contributed by atoms with Crippen molar-refractivity contribution in [2.75, 3.05) is 13.2 Å². The van der Waals surface area contributed by atoms with E-state index < -0.39 is 34.7 Å². The number of carbonyl (C=O) groups is 1. The van der Waals surface area contributed by atoms with Gasteiger partial charge in [-0.1, -0.05) is 31.5 Å². The molecule has 0 unspecified atom stereocenters. The second-order valence-electron chi connectivity index (χ2n) is 11.8. The third-order valence-corrected chi connectivity index (χ3v) is 8.24. The summed E-state index contributed by atoms with van der Waals surface area (Å²) in [5.74, 6) is -1.97. The monoisotopic (exact) mass is 640 g/mol. The van der Waals surface area contributed by atoms with Crippen LogP contribution in [-0.2, 0) is 9.53 Å². The third kappa shape index (κ3) is 7.71. The van der Waals surface area contributed by atoms with Gasteiger partial charge in [0.1, 0.15) is 41.0 Å². The number of para-hydroxylation sites is 1. The minimum Gasteiger partial charge on any atom is -0.493 e. The number of pyridine rings is 1. The standard InChI is InChI=1S/C35H36ClF3N2O4/c1-21(2)17-31(35(43)45-23-7-3-4-8-23)40-15-6-16-44-24-19-27(25-12-11-22(37)18-28(25)36)26-13-14-33(42)41(32(26)20-24)34-29(38)9-5-10-30(34)39/h5,9-14,18-21,23,31,40H,3-4,6-8,15-17H2,1-2H3/t31-/m0/s1. The van der Waals surface area contributed by atoms with Crippen molar-refractivity contribution in [3.63, 3.8) is 0 Å². The molecule has 6 nitrogen and oxygen atoms in total. The molecular formula is C35H36ClF3N2O4. The van der Waals surface area contributed by atoms with Gasteiger partial charge in [-0.15, -0.1) is 0 Å². The summed E-state index contributed by atoms with van der Waals surface area (Å²) in [4.78, 5) is 25.9. The van der Waals surface area contributed by atoms with Crippen molar-refractivity contribution in [2.24, 2.45) is 5.92 Å². The van der Waals surface area contributed by atoms with Crippen molar-refractivity contribution in [1.29, 1.82) is 0 Å². The molecule has 0 amide bonds. The number of nitrogens with zero attached hydrogens (tertiary/aromatic N) is 1. The van der Waals surface area contributed by atoms with E-state index >= 15 is 0 Å². The van der Waals surface area contributed by atoms with E-state index in [9.17, 15) is 22.8 Å². The molecule has 1 heterocycles. The lowest BCUT2D eigenvalue weighted by molar-refractivity contribution is -0.151. The molecule has 1 fully saturated rings. The molecular weight excluding hydrogens is 605 g/mol. The fourth-order valence-electron chi connectivity index (χ4n) is 5.79. The number of benzene rings is 3. The Balaban J connectivity index is 1.41. The molecule has 5 rings (SSSR count). The molecule has 1 aromatic heterocycles. The van der Waals surface area contributed by atoms with Gasteiger partial charge < -0.3 is 14.8 Å². The number of esters is 1. The van der Waals surface area contributed by atoms with E-state index in [0.717, 1.165) is 42.4 Å². The average molecular weight is 641 g/mol. The highest BCUT2D eigenvalue weighted by Crippen LogP contribution is 2.37. The van der Waals surface area contributed by atoms with Crippen molar-refractivity contribution in [2.45, 2.75) is 64.5 Å². The van der Waals surface area contributed by atoms with Gasteiger partial charge in [0.2, 0.25) is 0 Å². The van der Waals surface area contributed by atoms with E-state index in [2.05, 4.69) is 19.2 Å². The summed E-state index contributed by atoms with van der Waals surface area (Å²) in [6, 6.07) is 12.8. The molecule has 0 radical (unpaired) electrons. The van der Waals surface area contributed by atoms with Gasteiger partial charge >= 0.3 is 5.97 Å². The molecule has 1 aliphatic rings. The highest BCUT2D eigenvalue weighted by atomic mass is 35.5. The van der Waals surface area contributed by atoms with Crippen LogP contribution in [0.15, 0.2) is 65.5 Å². The molecule has 1 aliphatic carbocycles. The van der Waals surface area contributed by atoms with Gasteiger partial charge in [0, 0.05) is 23.1 Å². The molecule has 0 aliphatic heterocycles. The van der Waals surface area contributed by atoms with Gasteiger partial charge in [-0.3, -0.25) is 14.2 Å². The molecule has 1 atom stereocenters. The van der Waals surface area contributed by atoms with Gasteiger partial charge in [0.05, 0.1) is 17.1 Å². The van der Waals surface area contributed by atoms with E-state index in [4.69, 9.17) is 21.1 Å². The zero-order valence-corrected chi connectivity index (χ0v) is 26.0. The van der Waals surface area contributed by atoms with Crippen LogP contribution in [0, 0.1) is 23.4 Å². The highest BCUT2D eigenvalue weighted by Gasteiger charge is 2.26. The van der Waals surface area contributed by atoms with Crippen molar-refractivity contribution < 1.29 is 27.4 Å². The molecule has 0 bridgehead atoms. The van der Waals surface area contributed by atoms with E-state index in [1.807, 2.05) is 0 Å². The topological polar surface area (TPSA) is 69.6 Å². The zero-order valence-electron chi connectivity index (χ0n) is 25.3. The van der Waals surface area contributed by atoms with Gasteiger partial charge in [-0.25, -0.2) is 13.2 Å². The fraction of sp³-hybridized carbons (Fsp3) is 0.371. The Hall–Kier alpha value is -3.82. The first-order valence-corrected chi connectivity index (χ1v) is 15.7. The molecule has 3 aromatic carbocycles. The summed E-state index contributed by atoms with van der Waals surface area (Å²) in [7, 11) is 0. The van der Waals surface area contributed by atoms with Crippen LogP contribution in [0.1, 0.15) is 52.4 Å². The predicted molar refractivity (Wildman–Crippen MR) is 170 cm³/mol. The van der Waals surface area contributed by atoms with Crippen LogP contribution >= 0.6 is 11.6 Å². The lowest BCUT2D eigenvalue weighted by atomic mass is 9.99. The molecule has 1 saturated carbocycles. The number of rotatable bonds is 12. The van der Waals surface area contributed by atoms with E-state index in [0.29, 0.717) is 47.6 Å². The van der Waals surface area contributed by atoms with Crippen molar-refractivity contribution >= 4 is 28.5 Å². The first-order chi connectivity index (χ1) is 21.6. The molecule has 238 valence electrons. The Bertz CT molecular complexity index is 1720. The van der Waals surface area contributed by atoms with E-state index in [1.165, 1.54) is 42.5 Å². The number of nitrogens with one attached hydrogen (secondary N) is 1. The maximum absolute atomic E-state index is 14.9. The number of halogens is 4. The minimum absolute atomic E-state index is 0.00996. The third-order valence-electron chi connectivity index (χ3n) is 7.93. The lowest BCUT2D eigenvalue weighted by Crippen LogP contribution is -2.41. The number of carbonyl (C=O) groups excluding carboxylic acids is 1. The zero-order chi connectivity index (χ0) is 32.1. The Morgan fingerprint density at radius 3 is 2.42 bits per heavy atom. The molecule has 0 saturated heterocycles. The second-order valence-corrected chi connectivity index (χ2v) is 12.2. The highest BCUT2D eigenvalue weighted by molar-refractivity contribution is 6.33. The predicted octanol–water partition coefficient (Wildman–Crippen LogP) is 7.99. The summed E-state index contributed by atoms with van der Waals surface area (Å²) in [5, 5.41) is 3.88. The van der Waals surface area contributed by atoms with Crippen LogP contribution in [0.25, 0.3) is 27.7 Å². The molecule has 4 aromatic rings. The van der Waals surface area contributed by atoms with Crippen molar-refractivity contribution in [1.82, 2.24) is 9.88 Å². The fourth-order valence-corrected chi connectivity index (χ4v) is 6.06. The lowest BCUT2D eigenvalue weighted by Gasteiger charge is -2.22. The summed E-state index contributed by atoms with van der Waals surface area (Å²) in [5.41, 5.74) is -0.0467. The largest absolute Gasteiger partial charge is 0.493 e. The normalized spacial score (nSPS) is 14.3. The summed E-state index contributed by atoms with van der Waals surface area (Å²) in [6.45, 7) is 4.81.